The molecule has 3 heteroatoms. The molecular weight excluding hydrogens is 210 g/mol. The Hall–Kier alpha value is -1.90. The number of aryl methyl sites for hydroxylation is 1. The predicted molar refractivity (Wildman–Crippen MR) is 73.5 cm³/mol. The highest BCUT2D eigenvalue weighted by atomic mass is 15.1. The van der Waals surface area contributed by atoms with Gasteiger partial charge in [0, 0.05) is 51.5 Å². The minimum atomic E-state index is 0.859. The van der Waals surface area contributed by atoms with E-state index >= 15 is 0 Å². The molecule has 0 aliphatic carbocycles. The van der Waals surface area contributed by atoms with Crippen LogP contribution >= 0.6 is 0 Å². The van der Waals surface area contributed by atoms with E-state index in [0.29, 0.717) is 0 Å². The summed E-state index contributed by atoms with van der Waals surface area (Å²) in [6.07, 6.45) is 4.19. The molecule has 0 spiro atoms. The zero-order chi connectivity index (χ0) is 12.3. The third kappa shape index (κ3) is 3.03. The molecule has 1 aromatic carbocycles. The second kappa shape index (κ2) is 4.95. The molecule has 0 bridgehead atoms. The molecule has 0 saturated carbocycles. The molecule has 3 nitrogen and oxygen atoms in total. The Kier molecular flexibility index (Phi) is 3.38. The van der Waals surface area contributed by atoms with Crippen LogP contribution < -0.4 is 10.2 Å². The van der Waals surface area contributed by atoms with Gasteiger partial charge >= 0.3 is 0 Å². The highest BCUT2D eigenvalue weighted by Crippen LogP contribution is 2.17. The van der Waals surface area contributed by atoms with Crippen molar-refractivity contribution in [3.05, 3.63) is 48.3 Å². The summed E-state index contributed by atoms with van der Waals surface area (Å²) in [5.74, 6) is 0. The maximum Gasteiger partial charge on any atom is 0.0415 e. The van der Waals surface area contributed by atoms with Gasteiger partial charge in [-0.25, -0.2) is 0 Å². The number of benzene rings is 1. The molecule has 0 fully saturated rings. The Morgan fingerprint density at radius 3 is 2.71 bits per heavy atom. The highest BCUT2D eigenvalue weighted by molar-refractivity contribution is 5.57. The number of hydrogen-bond acceptors (Lipinski definition) is 2. The van der Waals surface area contributed by atoms with E-state index in [1.54, 1.807) is 0 Å². The third-order valence-electron chi connectivity index (χ3n) is 2.75. The fraction of sp³-hybridized carbons (Fsp3) is 0.286. The number of nitrogens with zero attached hydrogens (tertiary/aromatic N) is 2. The maximum absolute atomic E-state index is 3.43. The first-order valence-corrected chi connectivity index (χ1v) is 5.77. The van der Waals surface area contributed by atoms with E-state index < -0.39 is 0 Å². The van der Waals surface area contributed by atoms with Crippen molar-refractivity contribution in [2.75, 3.05) is 24.3 Å². The number of nitrogens with one attached hydrogen (secondary N) is 1. The molecule has 0 radical (unpaired) electrons. The SMILES string of the molecule is CN(C)c1cccc(NCc2ccn(C)c2)c1. The molecule has 2 rings (SSSR count). The summed E-state index contributed by atoms with van der Waals surface area (Å²) in [4.78, 5) is 2.10. The van der Waals surface area contributed by atoms with E-state index in [9.17, 15) is 0 Å². The monoisotopic (exact) mass is 229 g/mol. The Morgan fingerprint density at radius 2 is 2.06 bits per heavy atom. The average molecular weight is 229 g/mol. The molecule has 1 heterocycles. The second-order valence-electron chi connectivity index (χ2n) is 4.48. The van der Waals surface area contributed by atoms with Crippen LogP contribution in [0.25, 0.3) is 0 Å². The summed E-state index contributed by atoms with van der Waals surface area (Å²) in [7, 11) is 6.14. The molecule has 0 saturated heterocycles. The zero-order valence-corrected chi connectivity index (χ0v) is 10.6. The minimum Gasteiger partial charge on any atom is -0.381 e. The van der Waals surface area contributed by atoms with Crippen LogP contribution in [0.2, 0.25) is 0 Å². The first-order chi connectivity index (χ1) is 8.15. The van der Waals surface area contributed by atoms with Crippen molar-refractivity contribution in [2.45, 2.75) is 6.54 Å². The van der Waals surface area contributed by atoms with Gasteiger partial charge < -0.3 is 14.8 Å². The van der Waals surface area contributed by atoms with Gasteiger partial charge in [-0.05, 0) is 29.8 Å². The molecule has 17 heavy (non-hydrogen) atoms. The molecule has 1 N–H and O–H groups in total. The summed E-state index contributed by atoms with van der Waals surface area (Å²) in [5.41, 5.74) is 3.66. The molecular formula is C14H19N3. The summed E-state index contributed by atoms with van der Waals surface area (Å²) in [6.45, 7) is 0.859. The number of hydrogen-bond donors (Lipinski definition) is 1. The van der Waals surface area contributed by atoms with Crippen molar-refractivity contribution in [2.24, 2.45) is 7.05 Å². The summed E-state index contributed by atoms with van der Waals surface area (Å²) in [6, 6.07) is 10.6. The Morgan fingerprint density at radius 1 is 1.24 bits per heavy atom. The van der Waals surface area contributed by atoms with Gasteiger partial charge in [-0.1, -0.05) is 6.07 Å². The van der Waals surface area contributed by atoms with Crippen molar-refractivity contribution < 1.29 is 0 Å². The number of aromatic nitrogens is 1. The first kappa shape index (κ1) is 11.6. The maximum atomic E-state index is 3.43. The van der Waals surface area contributed by atoms with E-state index in [4.69, 9.17) is 0 Å². The van der Waals surface area contributed by atoms with E-state index in [2.05, 4.69) is 71.6 Å². The Labute approximate surface area is 103 Å². The Balaban J connectivity index is 2.01. The minimum absolute atomic E-state index is 0.859. The lowest BCUT2D eigenvalue weighted by Crippen LogP contribution is -2.09. The lowest BCUT2D eigenvalue weighted by atomic mass is 10.2. The summed E-state index contributed by atoms with van der Waals surface area (Å²) in [5, 5.41) is 3.43. The second-order valence-corrected chi connectivity index (χ2v) is 4.48. The quantitative estimate of drug-likeness (QED) is 0.870. The fourth-order valence-electron chi connectivity index (χ4n) is 1.76. The average Bonchev–Trinajstić information content (AvgIpc) is 2.73. The van der Waals surface area contributed by atoms with Gasteiger partial charge in [0.05, 0.1) is 0 Å². The van der Waals surface area contributed by atoms with Crippen LogP contribution in [0.3, 0.4) is 0 Å². The van der Waals surface area contributed by atoms with E-state index in [0.717, 1.165) is 12.2 Å². The van der Waals surface area contributed by atoms with Crippen LogP contribution in [0.4, 0.5) is 11.4 Å². The Bertz CT molecular complexity index is 486. The van der Waals surface area contributed by atoms with Gasteiger partial charge in [0.25, 0.3) is 0 Å². The largest absolute Gasteiger partial charge is 0.381 e. The van der Waals surface area contributed by atoms with Gasteiger partial charge in [-0.3, -0.25) is 0 Å². The third-order valence-corrected chi connectivity index (χ3v) is 2.75. The molecule has 0 amide bonds. The van der Waals surface area contributed by atoms with Crippen molar-refractivity contribution in [3.63, 3.8) is 0 Å². The molecule has 0 aliphatic rings. The van der Waals surface area contributed by atoms with Crippen LogP contribution in [0, 0.1) is 0 Å². The number of rotatable bonds is 4. The molecule has 0 unspecified atom stereocenters. The van der Waals surface area contributed by atoms with Gasteiger partial charge in [0.1, 0.15) is 0 Å². The number of anilines is 2. The lowest BCUT2D eigenvalue weighted by molar-refractivity contribution is 0.920. The topological polar surface area (TPSA) is 20.2 Å². The highest BCUT2D eigenvalue weighted by Gasteiger charge is 1.98. The summed E-state index contributed by atoms with van der Waals surface area (Å²) < 4.78 is 2.06. The smallest absolute Gasteiger partial charge is 0.0415 e. The molecule has 90 valence electrons. The molecule has 1 aromatic heterocycles. The van der Waals surface area contributed by atoms with E-state index in [1.165, 1.54) is 11.3 Å². The van der Waals surface area contributed by atoms with Gasteiger partial charge in [0.15, 0.2) is 0 Å². The first-order valence-electron chi connectivity index (χ1n) is 5.77. The zero-order valence-electron chi connectivity index (χ0n) is 10.6. The fourth-order valence-corrected chi connectivity index (χ4v) is 1.76. The van der Waals surface area contributed by atoms with Crippen LogP contribution in [0.15, 0.2) is 42.7 Å². The van der Waals surface area contributed by atoms with Gasteiger partial charge in [0.2, 0.25) is 0 Å². The van der Waals surface area contributed by atoms with Gasteiger partial charge in [-0.15, -0.1) is 0 Å². The normalized spacial score (nSPS) is 10.3. The molecule has 0 atom stereocenters. The van der Waals surface area contributed by atoms with Crippen molar-refractivity contribution in [1.82, 2.24) is 4.57 Å². The van der Waals surface area contributed by atoms with E-state index in [1.807, 2.05) is 7.05 Å². The molecule has 2 aromatic rings. The van der Waals surface area contributed by atoms with E-state index in [-0.39, 0.29) is 0 Å². The lowest BCUT2D eigenvalue weighted by Gasteiger charge is -2.14. The van der Waals surface area contributed by atoms with Crippen LogP contribution in [-0.4, -0.2) is 18.7 Å². The van der Waals surface area contributed by atoms with Crippen molar-refractivity contribution in [1.29, 1.82) is 0 Å². The predicted octanol–water partition coefficient (Wildman–Crippen LogP) is 2.70. The van der Waals surface area contributed by atoms with Crippen LogP contribution in [0.1, 0.15) is 5.56 Å². The van der Waals surface area contributed by atoms with Gasteiger partial charge in [-0.2, -0.15) is 0 Å². The van der Waals surface area contributed by atoms with Crippen LogP contribution in [-0.2, 0) is 13.6 Å². The van der Waals surface area contributed by atoms with Crippen molar-refractivity contribution >= 4 is 11.4 Å². The van der Waals surface area contributed by atoms with Crippen molar-refractivity contribution in [3.8, 4) is 0 Å². The molecule has 0 aliphatic heterocycles. The van der Waals surface area contributed by atoms with Crippen LogP contribution in [0.5, 0.6) is 0 Å². The standard InChI is InChI=1S/C14H19N3/c1-16(2)14-6-4-5-13(9-14)15-10-12-7-8-17(3)11-12/h4-9,11,15H,10H2,1-3H3. The summed E-state index contributed by atoms with van der Waals surface area (Å²) >= 11 is 0.